The number of nitrogens with zero attached hydrogens (tertiary/aromatic N) is 2. The summed E-state index contributed by atoms with van der Waals surface area (Å²) in [6.45, 7) is 4.25. The van der Waals surface area contributed by atoms with E-state index in [0.717, 1.165) is 36.0 Å². The Kier molecular flexibility index (Phi) is 12.0. The highest BCUT2D eigenvalue weighted by Crippen LogP contribution is 2.59. The maximum absolute atomic E-state index is 14.0. The molecule has 1 fully saturated rings. The van der Waals surface area contributed by atoms with Gasteiger partial charge in [0.15, 0.2) is 0 Å². The average Bonchev–Trinajstić information content (AvgIpc) is 3.05. The highest BCUT2D eigenvalue weighted by molar-refractivity contribution is 7.49. The minimum absolute atomic E-state index is 0.00863. The van der Waals surface area contributed by atoms with Crippen LogP contribution in [-0.2, 0) is 29.1 Å². The number of phosphoric acid groups is 1. The van der Waals surface area contributed by atoms with Gasteiger partial charge < -0.3 is 9.63 Å². The number of rotatable bonds is 15. The number of hydrogen-bond donors (Lipinski definition) is 1. The van der Waals surface area contributed by atoms with Crippen LogP contribution in [0.3, 0.4) is 0 Å². The highest BCUT2D eigenvalue weighted by atomic mass is 31.2. The van der Waals surface area contributed by atoms with E-state index in [1.807, 2.05) is 55.5 Å². The molecule has 5 rings (SSSR count). The van der Waals surface area contributed by atoms with Crippen molar-refractivity contribution in [3.05, 3.63) is 108 Å². The average molecular weight is 666 g/mol. The molecule has 3 heterocycles. The maximum atomic E-state index is 14.0. The molecule has 0 aliphatic carbocycles. The Hall–Kier alpha value is -3.49. The molecule has 0 saturated carbocycles. The molecule has 1 aliphatic rings. The first kappa shape index (κ1) is 33.9. The smallest absolute Gasteiger partial charge is 0.403 e. The molecule has 46 heavy (non-hydrogen) atoms. The van der Waals surface area contributed by atoms with Crippen molar-refractivity contribution < 1.29 is 36.9 Å². The van der Waals surface area contributed by atoms with Crippen LogP contribution >= 0.6 is 16.1 Å². The predicted molar refractivity (Wildman–Crippen MR) is 175 cm³/mol. The summed E-state index contributed by atoms with van der Waals surface area (Å²) in [7, 11) is -6.74. The topological polar surface area (TPSA) is 126 Å². The van der Waals surface area contributed by atoms with Gasteiger partial charge in [-0.05, 0) is 78.4 Å². The lowest BCUT2D eigenvalue weighted by atomic mass is 9.98. The van der Waals surface area contributed by atoms with Crippen LogP contribution in [0.5, 0.6) is 11.5 Å². The molecule has 0 amide bonds. The molecule has 2 aromatic heterocycles. The van der Waals surface area contributed by atoms with E-state index in [1.165, 1.54) is 0 Å². The van der Waals surface area contributed by atoms with Gasteiger partial charge in [-0.3, -0.25) is 19.0 Å². The van der Waals surface area contributed by atoms with E-state index in [0.29, 0.717) is 29.5 Å². The van der Waals surface area contributed by atoms with Gasteiger partial charge in [0.25, 0.3) is 0 Å². The molecule has 4 aromatic rings. The molecular formula is C34H39N2O8P2+. The summed E-state index contributed by atoms with van der Waals surface area (Å²) in [5, 5.41) is 10.5. The van der Waals surface area contributed by atoms with Crippen molar-refractivity contribution >= 4 is 16.1 Å². The lowest BCUT2D eigenvalue weighted by Gasteiger charge is -2.29. The summed E-state index contributed by atoms with van der Waals surface area (Å²) in [5.74, 6) is 0.476. The molecule has 1 saturated heterocycles. The van der Waals surface area contributed by atoms with Crippen LogP contribution in [0.1, 0.15) is 73.5 Å². The van der Waals surface area contributed by atoms with Gasteiger partial charge >= 0.3 is 16.1 Å². The van der Waals surface area contributed by atoms with Gasteiger partial charge in [0.1, 0.15) is 12.4 Å². The Labute approximate surface area is 270 Å². The van der Waals surface area contributed by atoms with Crippen molar-refractivity contribution in [3.8, 4) is 22.6 Å². The quantitative estimate of drug-likeness (QED) is 0.0971. The number of benzene rings is 2. The fraction of sp³-hybridized carbons (Fsp3) is 0.353. The molecular weight excluding hydrogens is 626 g/mol. The monoisotopic (exact) mass is 665 g/mol. The summed E-state index contributed by atoms with van der Waals surface area (Å²) in [6.07, 6.45) is 9.55. The molecule has 242 valence electrons. The third-order valence-electron chi connectivity index (χ3n) is 7.53. The number of pyridine rings is 2. The number of aliphatic hydroxyl groups is 1. The minimum Gasteiger partial charge on any atom is -0.403 e. The number of aromatic nitrogens is 2. The molecule has 1 aliphatic heterocycles. The number of hydrogen-bond acceptors (Lipinski definition) is 10. The van der Waals surface area contributed by atoms with Gasteiger partial charge in [0, 0.05) is 42.2 Å². The normalized spacial score (nSPS) is 18.9. The van der Waals surface area contributed by atoms with E-state index in [1.54, 1.807) is 36.9 Å². The van der Waals surface area contributed by atoms with Crippen molar-refractivity contribution in [1.29, 1.82) is 0 Å². The predicted octanol–water partition coefficient (Wildman–Crippen LogP) is 9.03. The van der Waals surface area contributed by atoms with E-state index in [4.69, 9.17) is 22.6 Å². The van der Waals surface area contributed by atoms with Gasteiger partial charge in [0.2, 0.25) is 5.75 Å². The fourth-order valence-corrected chi connectivity index (χ4v) is 7.20. The van der Waals surface area contributed by atoms with E-state index >= 15 is 0 Å². The Balaban J connectivity index is 1.44. The van der Waals surface area contributed by atoms with E-state index in [9.17, 15) is 14.2 Å². The molecule has 4 unspecified atom stereocenters. The lowest BCUT2D eigenvalue weighted by Crippen LogP contribution is -2.17. The number of aliphatic hydroxyl groups excluding tert-OH is 1. The Morgan fingerprint density at radius 1 is 1.02 bits per heavy atom. The molecule has 0 bridgehead atoms. The number of aryl methyl sites for hydroxylation is 2. The lowest BCUT2D eigenvalue weighted by molar-refractivity contribution is 0.0510. The van der Waals surface area contributed by atoms with Gasteiger partial charge in [0.05, 0.1) is 24.4 Å². The molecule has 0 spiro atoms. The zero-order valence-corrected chi connectivity index (χ0v) is 27.8. The largest absolute Gasteiger partial charge is 0.750 e. The standard InChI is InChI=1S/C34H39N2O8P2/c1-3-4-5-8-26-23-32(42-45(38)40-20-14-30(37)27-10-16-35-17-11-27)34(29-9-6-7-25(2)22-29)33(24-26)44-46(39)41-21-15-31(43-46)28-12-18-36-19-13-28/h6-7,9-13,16-19,22-24,30-31,37H,3-5,8,14-15,20-21H2,1-2H3/q+1. The SMILES string of the molecule is CCCCCc1cc(O[P+](=O)OCCC(O)c2ccncc2)c(-c2cccc(C)c2)c(OP2(=O)OCCC(c3ccncc3)O2)c1. The zero-order chi connectivity index (χ0) is 32.4. The van der Waals surface area contributed by atoms with Gasteiger partial charge in [-0.2, -0.15) is 0 Å². The summed E-state index contributed by atoms with van der Waals surface area (Å²) in [5.41, 5.74) is 4.48. The number of phosphoric ester groups is 1. The first-order valence-electron chi connectivity index (χ1n) is 15.5. The van der Waals surface area contributed by atoms with Crippen LogP contribution in [0.25, 0.3) is 11.1 Å². The highest BCUT2D eigenvalue weighted by Gasteiger charge is 2.39. The second kappa shape index (κ2) is 16.4. The Morgan fingerprint density at radius 2 is 1.76 bits per heavy atom. The molecule has 10 nitrogen and oxygen atoms in total. The van der Waals surface area contributed by atoms with Crippen molar-refractivity contribution in [2.45, 2.75) is 64.6 Å². The first-order valence-corrected chi connectivity index (χ1v) is 18.0. The van der Waals surface area contributed by atoms with E-state index in [-0.39, 0.29) is 31.1 Å². The van der Waals surface area contributed by atoms with Gasteiger partial charge in [-0.25, -0.2) is 9.09 Å². The Morgan fingerprint density at radius 3 is 2.50 bits per heavy atom. The molecule has 12 heteroatoms. The van der Waals surface area contributed by atoms with Crippen molar-refractivity contribution in [3.63, 3.8) is 0 Å². The van der Waals surface area contributed by atoms with Crippen LogP contribution < -0.4 is 9.05 Å². The van der Waals surface area contributed by atoms with Crippen LogP contribution in [0.4, 0.5) is 0 Å². The summed E-state index contributed by atoms with van der Waals surface area (Å²) in [4.78, 5) is 8.02. The molecule has 0 radical (unpaired) electrons. The molecule has 1 N–H and O–H groups in total. The van der Waals surface area contributed by atoms with Crippen LogP contribution in [0, 0.1) is 6.92 Å². The fourth-order valence-electron chi connectivity index (χ4n) is 5.18. The van der Waals surface area contributed by atoms with Crippen molar-refractivity contribution in [1.82, 2.24) is 9.97 Å². The van der Waals surface area contributed by atoms with Crippen LogP contribution in [0.15, 0.2) is 85.5 Å². The van der Waals surface area contributed by atoms with Gasteiger partial charge in [-0.15, -0.1) is 4.52 Å². The zero-order valence-electron chi connectivity index (χ0n) is 26.0. The third-order valence-corrected chi connectivity index (χ3v) is 9.70. The maximum Gasteiger partial charge on any atom is 0.750 e. The van der Waals surface area contributed by atoms with E-state index < -0.39 is 28.3 Å². The van der Waals surface area contributed by atoms with Crippen molar-refractivity contribution in [2.75, 3.05) is 13.2 Å². The van der Waals surface area contributed by atoms with Crippen molar-refractivity contribution in [2.24, 2.45) is 0 Å². The van der Waals surface area contributed by atoms with Gasteiger partial charge in [-0.1, -0.05) is 49.6 Å². The first-order chi connectivity index (χ1) is 22.3. The molecule has 2 aromatic carbocycles. The summed E-state index contributed by atoms with van der Waals surface area (Å²) >= 11 is 0. The minimum atomic E-state index is -4.09. The summed E-state index contributed by atoms with van der Waals surface area (Å²) in [6, 6.07) is 18.3. The van der Waals surface area contributed by atoms with E-state index in [2.05, 4.69) is 16.9 Å². The molecule has 4 atom stereocenters. The number of unbranched alkanes of at least 4 members (excludes halogenated alkanes) is 2. The van der Waals surface area contributed by atoms with Crippen LogP contribution in [-0.4, -0.2) is 28.3 Å². The summed E-state index contributed by atoms with van der Waals surface area (Å²) < 4.78 is 56.5. The second-order valence-corrected chi connectivity index (χ2v) is 13.5. The van der Waals surface area contributed by atoms with Crippen LogP contribution in [0.2, 0.25) is 0 Å². The second-order valence-electron chi connectivity index (χ2n) is 11.1. The Bertz CT molecular complexity index is 1640. The third kappa shape index (κ3) is 9.29.